The number of fused-ring (bicyclic) bond motifs is 1. The van der Waals surface area contributed by atoms with Gasteiger partial charge in [-0.2, -0.15) is 0 Å². The van der Waals surface area contributed by atoms with Crippen molar-refractivity contribution in [2.45, 2.75) is 51.4 Å². The van der Waals surface area contributed by atoms with Gasteiger partial charge >= 0.3 is 18.1 Å². The molecule has 3 aliphatic rings. The number of anilines is 1. The Bertz CT molecular complexity index is 1330. The van der Waals surface area contributed by atoms with E-state index >= 15 is 0 Å². The van der Waals surface area contributed by atoms with Gasteiger partial charge in [-0.05, 0) is 38.0 Å². The Morgan fingerprint density at radius 1 is 0.977 bits per heavy atom. The molecule has 12 heteroatoms. The van der Waals surface area contributed by atoms with Gasteiger partial charge in [-0.1, -0.05) is 18.2 Å². The number of benzene rings is 2. The lowest BCUT2D eigenvalue weighted by molar-refractivity contribution is -0.141. The molecule has 3 heterocycles. The lowest BCUT2D eigenvalue weighted by Gasteiger charge is -2.40. The monoisotopic (exact) mass is 594 g/mol. The molecular formula is C31H38N4O8. The number of hydrogen-bond donors (Lipinski definition) is 1. The molecule has 0 aromatic heterocycles. The zero-order valence-electron chi connectivity index (χ0n) is 24.6. The number of para-hydroxylation sites is 1. The molecule has 3 aliphatic heterocycles. The first-order valence-electron chi connectivity index (χ1n) is 14.7. The fraction of sp³-hybridized carbons (Fsp3) is 0.484. The quantitative estimate of drug-likeness (QED) is 0.460. The van der Waals surface area contributed by atoms with E-state index in [-0.39, 0.29) is 49.9 Å². The molecule has 0 saturated carbocycles. The van der Waals surface area contributed by atoms with Crippen LogP contribution in [0.25, 0.3) is 0 Å². The van der Waals surface area contributed by atoms with Crippen LogP contribution in [0.1, 0.15) is 48.5 Å². The highest BCUT2D eigenvalue weighted by atomic mass is 16.6. The van der Waals surface area contributed by atoms with Gasteiger partial charge in [-0.3, -0.25) is 14.5 Å². The number of rotatable bonds is 8. The third kappa shape index (κ3) is 6.95. The second-order valence-electron chi connectivity index (χ2n) is 10.7. The molecule has 4 amide bonds. The van der Waals surface area contributed by atoms with Crippen molar-refractivity contribution >= 4 is 29.7 Å². The molecule has 2 aromatic rings. The van der Waals surface area contributed by atoms with Crippen LogP contribution in [0.3, 0.4) is 0 Å². The van der Waals surface area contributed by atoms with Crippen LogP contribution in [-0.2, 0) is 20.9 Å². The summed E-state index contributed by atoms with van der Waals surface area (Å²) < 4.78 is 22.0. The second-order valence-corrected chi connectivity index (χ2v) is 10.7. The molecule has 0 spiro atoms. The fourth-order valence-corrected chi connectivity index (χ4v) is 5.78. The normalized spacial score (nSPS) is 17.5. The fourth-order valence-electron chi connectivity index (χ4n) is 5.78. The van der Waals surface area contributed by atoms with Gasteiger partial charge in [0, 0.05) is 56.7 Å². The number of carbonyl (C=O) groups is 4. The minimum Gasteiger partial charge on any atom is -0.496 e. The Balaban J connectivity index is 1.13. The first-order valence-corrected chi connectivity index (χ1v) is 14.7. The highest BCUT2D eigenvalue weighted by molar-refractivity contribution is 5.97. The highest BCUT2D eigenvalue weighted by Crippen LogP contribution is 2.33. The maximum atomic E-state index is 13.5. The average molecular weight is 595 g/mol. The van der Waals surface area contributed by atoms with Crippen LogP contribution in [0.15, 0.2) is 42.5 Å². The molecule has 2 fully saturated rings. The summed E-state index contributed by atoms with van der Waals surface area (Å²) in [6.45, 7) is 4.08. The molecule has 0 unspecified atom stereocenters. The summed E-state index contributed by atoms with van der Waals surface area (Å²) in [5, 5.41) is 2.58. The summed E-state index contributed by atoms with van der Waals surface area (Å²) in [4.78, 5) is 55.1. The van der Waals surface area contributed by atoms with Gasteiger partial charge in [0.25, 0.3) is 5.91 Å². The van der Waals surface area contributed by atoms with Gasteiger partial charge in [-0.25, -0.2) is 9.59 Å². The van der Waals surface area contributed by atoms with E-state index in [1.807, 2.05) is 24.3 Å². The first-order chi connectivity index (χ1) is 20.9. The van der Waals surface area contributed by atoms with E-state index in [2.05, 4.69) is 5.32 Å². The number of amides is 4. The molecular weight excluding hydrogens is 556 g/mol. The van der Waals surface area contributed by atoms with Gasteiger partial charge < -0.3 is 34.1 Å². The van der Waals surface area contributed by atoms with Crippen molar-refractivity contribution in [2.75, 3.05) is 51.3 Å². The zero-order chi connectivity index (χ0) is 30.3. The predicted molar refractivity (Wildman–Crippen MR) is 156 cm³/mol. The maximum absolute atomic E-state index is 13.5. The van der Waals surface area contributed by atoms with Crippen molar-refractivity contribution in [2.24, 2.45) is 0 Å². The summed E-state index contributed by atoms with van der Waals surface area (Å²) in [7, 11) is 1.52. The lowest BCUT2D eigenvalue weighted by atomic mass is 10.00. The summed E-state index contributed by atoms with van der Waals surface area (Å²) in [6.07, 6.45) is 2.07. The minimum atomic E-state index is -0.468. The molecule has 0 bridgehead atoms. The zero-order valence-corrected chi connectivity index (χ0v) is 24.6. The van der Waals surface area contributed by atoms with Crippen molar-refractivity contribution in [1.29, 1.82) is 0 Å². The van der Waals surface area contributed by atoms with Gasteiger partial charge in [0.05, 0.1) is 25.0 Å². The van der Waals surface area contributed by atoms with Crippen molar-refractivity contribution in [3.8, 4) is 11.5 Å². The Morgan fingerprint density at radius 3 is 2.42 bits per heavy atom. The van der Waals surface area contributed by atoms with Crippen LogP contribution < -0.4 is 19.7 Å². The Kier molecular flexibility index (Phi) is 9.53. The number of esters is 1. The number of cyclic esters (lactones) is 1. The number of methoxy groups -OCH3 is 1. The molecule has 1 N–H and O–H groups in total. The Morgan fingerprint density at radius 2 is 1.70 bits per heavy atom. The van der Waals surface area contributed by atoms with E-state index in [0.29, 0.717) is 68.9 Å². The first kappa shape index (κ1) is 30.0. The van der Waals surface area contributed by atoms with Gasteiger partial charge in [0.15, 0.2) is 0 Å². The lowest BCUT2D eigenvalue weighted by Crippen LogP contribution is -2.50. The molecule has 0 radical (unpaired) electrons. The molecule has 12 nitrogen and oxygen atoms in total. The van der Waals surface area contributed by atoms with Gasteiger partial charge in [0.1, 0.15) is 30.8 Å². The van der Waals surface area contributed by atoms with E-state index in [0.717, 1.165) is 11.3 Å². The smallest absolute Gasteiger partial charge is 0.414 e. The van der Waals surface area contributed by atoms with Crippen LogP contribution in [0, 0.1) is 0 Å². The SMILES string of the molecule is CCOC(=O)CNC(=O)N1CCC(Oc2ccc(C(=O)N3CCC(N4C(=O)OCc5ccccc54)CC3)c(OC)c2)CC1. The van der Waals surface area contributed by atoms with E-state index in [4.69, 9.17) is 18.9 Å². The number of hydrogen-bond acceptors (Lipinski definition) is 8. The van der Waals surface area contributed by atoms with Crippen LogP contribution in [-0.4, -0.2) is 92.4 Å². The van der Waals surface area contributed by atoms with Gasteiger partial charge in [-0.15, -0.1) is 0 Å². The number of carbonyl (C=O) groups excluding carboxylic acids is 4. The van der Waals surface area contributed by atoms with Crippen molar-refractivity contribution in [3.05, 3.63) is 53.6 Å². The van der Waals surface area contributed by atoms with Gasteiger partial charge in [0.2, 0.25) is 0 Å². The van der Waals surface area contributed by atoms with Crippen LogP contribution in [0.4, 0.5) is 15.3 Å². The Hall–Kier alpha value is -4.48. The van der Waals surface area contributed by atoms with E-state index in [1.165, 1.54) is 7.11 Å². The minimum absolute atomic E-state index is 0.0502. The molecule has 5 rings (SSSR count). The van der Waals surface area contributed by atoms with Crippen molar-refractivity contribution in [3.63, 3.8) is 0 Å². The van der Waals surface area contributed by atoms with E-state index in [9.17, 15) is 19.2 Å². The van der Waals surface area contributed by atoms with Crippen LogP contribution in [0.2, 0.25) is 0 Å². The Labute approximate surface area is 250 Å². The molecule has 230 valence electrons. The largest absolute Gasteiger partial charge is 0.496 e. The summed E-state index contributed by atoms with van der Waals surface area (Å²) in [5.74, 6) is 0.406. The van der Waals surface area contributed by atoms with E-state index < -0.39 is 5.97 Å². The average Bonchev–Trinajstić information content (AvgIpc) is 3.04. The molecule has 0 aliphatic carbocycles. The number of nitrogens with zero attached hydrogens (tertiary/aromatic N) is 3. The van der Waals surface area contributed by atoms with Crippen molar-refractivity contribution < 1.29 is 38.1 Å². The number of urea groups is 1. The standard InChI is InChI=1S/C31H38N4O8/c1-3-41-28(36)19-32-30(38)34-16-12-23(13-17-34)43-24-8-9-25(27(18-24)40-2)29(37)33-14-10-22(11-15-33)35-26-7-5-4-6-21(26)20-42-31(35)39/h4-9,18,22-23H,3,10-17,19-20H2,1-2H3,(H,32,38). The second kappa shape index (κ2) is 13.7. The molecule has 2 saturated heterocycles. The molecule has 0 atom stereocenters. The van der Waals surface area contributed by atoms with E-state index in [1.54, 1.807) is 39.8 Å². The predicted octanol–water partition coefficient (Wildman–Crippen LogP) is 3.57. The summed E-state index contributed by atoms with van der Waals surface area (Å²) >= 11 is 0. The number of likely N-dealkylation sites (tertiary alicyclic amines) is 2. The van der Waals surface area contributed by atoms with Crippen molar-refractivity contribution in [1.82, 2.24) is 15.1 Å². The molecule has 43 heavy (non-hydrogen) atoms. The third-order valence-corrected chi connectivity index (χ3v) is 8.04. The summed E-state index contributed by atoms with van der Waals surface area (Å²) in [5.41, 5.74) is 2.31. The number of piperidine rings is 2. The topological polar surface area (TPSA) is 127 Å². The summed E-state index contributed by atoms with van der Waals surface area (Å²) in [6, 6.07) is 12.6. The molecule has 2 aromatic carbocycles. The van der Waals surface area contributed by atoms with Crippen LogP contribution in [0.5, 0.6) is 11.5 Å². The maximum Gasteiger partial charge on any atom is 0.414 e. The third-order valence-electron chi connectivity index (χ3n) is 8.04. The number of ether oxygens (including phenoxy) is 4. The number of nitrogens with one attached hydrogen (secondary N) is 1. The highest BCUT2D eigenvalue weighted by Gasteiger charge is 2.35. The van der Waals surface area contributed by atoms with Crippen LogP contribution >= 0.6 is 0 Å².